The molecule has 1 aromatic heterocycles. The van der Waals surface area contributed by atoms with Crippen LogP contribution in [0.1, 0.15) is 29.8 Å². The van der Waals surface area contributed by atoms with Crippen molar-refractivity contribution in [1.29, 1.82) is 0 Å². The zero-order chi connectivity index (χ0) is 16.9. The molecule has 1 amide bonds. The molecule has 1 N–H and O–H groups in total. The number of nitrogens with zero attached hydrogens (tertiary/aromatic N) is 3. The third-order valence-electron chi connectivity index (χ3n) is 3.97. The third kappa shape index (κ3) is 3.76. The number of piperidine rings is 1. The molecule has 0 bridgehead atoms. The van der Waals surface area contributed by atoms with Crippen LogP contribution in [0.3, 0.4) is 0 Å². The second-order valence-electron chi connectivity index (χ2n) is 5.62. The quantitative estimate of drug-likeness (QED) is 0.919. The monoisotopic (exact) mass is 346 g/mol. The molecule has 1 aromatic carbocycles. The number of anilines is 2. The van der Waals surface area contributed by atoms with Crippen molar-refractivity contribution in [3.63, 3.8) is 0 Å². The lowest BCUT2D eigenvalue weighted by Gasteiger charge is -2.27. The van der Waals surface area contributed by atoms with Crippen molar-refractivity contribution in [1.82, 2.24) is 10.2 Å². The lowest BCUT2D eigenvalue weighted by Crippen LogP contribution is -2.30. The molecule has 2 heterocycles. The van der Waals surface area contributed by atoms with Gasteiger partial charge in [-0.3, -0.25) is 4.79 Å². The van der Waals surface area contributed by atoms with Crippen molar-refractivity contribution in [2.24, 2.45) is 0 Å². The summed E-state index contributed by atoms with van der Waals surface area (Å²) in [6.07, 6.45) is 3.59. The Morgan fingerprint density at radius 1 is 1.17 bits per heavy atom. The van der Waals surface area contributed by atoms with E-state index in [1.165, 1.54) is 26.4 Å². The van der Waals surface area contributed by atoms with Gasteiger partial charge in [-0.05, 0) is 49.6 Å². The van der Waals surface area contributed by atoms with E-state index >= 15 is 0 Å². The molecular weight excluding hydrogens is 328 g/mol. The van der Waals surface area contributed by atoms with Crippen LogP contribution < -0.4 is 15.0 Å². The van der Waals surface area contributed by atoms with Gasteiger partial charge in [0, 0.05) is 18.1 Å². The SMILES string of the molecule is COc1ccc(Cl)cc1NC(=O)c1ccc(N2CCCCC2)nn1. The highest BCUT2D eigenvalue weighted by atomic mass is 35.5. The lowest BCUT2D eigenvalue weighted by molar-refractivity contribution is 0.102. The Labute approximate surface area is 145 Å². The largest absolute Gasteiger partial charge is 0.495 e. The number of methoxy groups -OCH3 is 1. The first-order valence-corrected chi connectivity index (χ1v) is 8.29. The number of carbonyl (C=O) groups excluding carboxylic acids is 1. The van der Waals surface area contributed by atoms with Crippen LogP contribution in [0.2, 0.25) is 5.02 Å². The number of hydrogen-bond donors (Lipinski definition) is 1. The number of carbonyl (C=O) groups is 1. The molecule has 3 rings (SSSR count). The number of hydrogen-bond acceptors (Lipinski definition) is 5. The molecule has 7 heteroatoms. The van der Waals surface area contributed by atoms with Gasteiger partial charge in [0.05, 0.1) is 12.8 Å². The van der Waals surface area contributed by atoms with Gasteiger partial charge < -0.3 is 15.0 Å². The van der Waals surface area contributed by atoms with Crippen LogP contribution in [0.5, 0.6) is 5.75 Å². The Kier molecular flexibility index (Phi) is 5.15. The van der Waals surface area contributed by atoms with Gasteiger partial charge in [-0.2, -0.15) is 0 Å². The maximum absolute atomic E-state index is 12.4. The van der Waals surface area contributed by atoms with Crippen molar-refractivity contribution in [2.75, 3.05) is 30.4 Å². The first kappa shape index (κ1) is 16.5. The van der Waals surface area contributed by atoms with Gasteiger partial charge in [0.2, 0.25) is 0 Å². The minimum atomic E-state index is -0.353. The fourth-order valence-corrected chi connectivity index (χ4v) is 2.87. The molecule has 0 aliphatic carbocycles. The fourth-order valence-electron chi connectivity index (χ4n) is 2.70. The van der Waals surface area contributed by atoms with E-state index in [9.17, 15) is 4.79 Å². The van der Waals surface area contributed by atoms with Gasteiger partial charge in [0.25, 0.3) is 5.91 Å². The normalized spacial score (nSPS) is 14.3. The van der Waals surface area contributed by atoms with E-state index in [1.807, 2.05) is 6.07 Å². The van der Waals surface area contributed by atoms with Gasteiger partial charge >= 0.3 is 0 Å². The molecule has 0 unspecified atom stereocenters. The molecular formula is C17H19ClN4O2. The van der Waals surface area contributed by atoms with Gasteiger partial charge in [0.15, 0.2) is 11.5 Å². The fraction of sp³-hybridized carbons (Fsp3) is 0.353. The Bertz CT molecular complexity index is 715. The van der Waals surface area contributed by atoms with Crippen molar-refractivity contribution >= 4 is 29.0 Å². The topological polar surface area (TPSA) is 67.3 Å². The Morgan fingerprint density at radius 3 is 2.62 bits per heavy atom. The molecule has 2 aromatic rings. The average molecular weight is 347 g/mol. The van der Waals surface area contributed by atoms with Crippen molar-refractivity contribution in [3.05, 3.63) is 41.0 Å². The number of benzene rings is 1. The summed E-state index contributed by atoms with van der Waals surface area (Å²) in [6.45, 7) is 1.97. The van der Waals surface area contributed by atoms with Gasteiger partial charge in [-0.15, -0.1) is 10.2 Å². The summed E-state index contributed by atoms with van der Waals surface area (Å²) < 4.78 is 5.22. The van der Waals surface area contributed by atoms with Crippen LogP contribution in [0, 0.1) is 0 Å². The molecule has 1 saturated heterocycles. The van der Waals surface area contributed by atoms with Gasteiger partial charge in [-0.25, -0.2) is 0 Å². The zero-order valence-corrected chi connectivity index (χ0v) is 14.2. The number of amides is 1. The molecule has 0 radical (unpaired) electrons. The number of halogens is 1. The minimum Gasteiger partial charge on any atom is -0.495 e. The summed E-state index contributed by atoms with van der Waals surface area (Å²) in [5.41, 5.74) is 0.745. The Balaban J connectivity index is 1.72. The molecule has 0 atom stereocenters. The lowest BCUT2D eigenvalue weighted by atomic mass is 10.1. The maximum Gasteiger partial charge on any atom is 0.276 e. The standard InChI is InChI=1S/C17H19ClN4O2/c1-24-15-7-5-12(18)11-14(15)19-17(23)13-6-8-16(21-20-13)22-9-3-2-4-10-22/h5-8,11H,2-4,9-10H2,1H3,(H,19,23). The van der Waals surface area contributed by atoms with E-state index in [0.29, 0.717) is 16.5 Å². The van der Waals surface area contributed by atoms with Crippen molar-refractivity contribution in [3.8, 4) is 5.75 Å². The molecule has 24 heavy (non-hydrogen) atoms. The predicted octanol–water partition coefficient (Wildman–Crippen LogP) is 3.38. The van der Waals surface area contributed by atoms with Crippen LogP contribution >= 0.6 is 11.6 Å². The van der Waals surface area contributed by atoms with Gasteiger partial charge in [0.1, 0.15) is 5.75 Å². The highest BCUT2D eigenvalue weighted by Gasteiger charge is 2.15. The predicted molar refractivity (Wildman–Crippen MR) is 94.1 cm³/mol. The van der Waals surface area contributed by atoms with E-state index in [4.69, 9.17) is 16.3 Å². The van der Waals surface area contributed by atoms with Crippen LogP contribution in [0.15, 0.2) is 30.3 Å². The molecule has 1 fully saturated rings. The first-order valence-electron chi connectivity index (χ1n) is 7.91. The van der Waals surface area contributed by atoms with E-state index in [0.717, 1.165) is 18.9 Å². The highest BCUT2D eigenvalue weighted by Crippen LogP contribution is 2.28. The summed E-state index contributed by atoms with van der Waals surface area (Å²) in [6, 6.07) is 8.55. The van der Waals surface area contributed by atoms with Crippen LogP contribution in [-0.4, -0.2) is 36.3 Å². The van der Waals surface area contributed by atoms with E-state index in [1.54, 1.807) is 24.3 Å². The molecule has 126 valence electrons. The number of aromatic nitrogens is 2. The smallest absolute Gasteiger partial charge is 0.276 e. The van der Waals surface area contributed by atoms with Crippen LogP contribution in [-0.2, 0) is 0 Å². The summed E-state index contributed by atoms with van der Waals surface area (Å²) in [4.78, 5) is 14.5. The molecule has 1 aliphatic rings. The minimum absolute atomic E-state index is 0.248. The van der Waals surface area contributed by atoms with Crippen LogP contribution in [0.4, 0.5) is 11.5 Å². The van der Waals surface area contributed by atoms with Crippen molar-refractivity contribution < 1.29 is 9.53 Å². The van der Waals surface area contributed by atoms with E-state index in [-0.39, 0.29) is 11.6 Å². The molecule has 1 aliphatic heterocycles. The second-order valence-corrected chi connectivity index (χ2v) is 6.06. The third-order valence-corrected chi connectivity index (χ3v) is 4.21. The molecule has 0 spiro atoms. The first-order chi connectivity index (χ1) is 11.7. The maximum atomic E-state index is 12.4. The summed E-state index contributed by atoms with van der Waals surface area (Å²) in [5, 5.41) is 11.5. The summed E-state index contributed by atoms with van der Waals surface area (Å²) in [5.74, 6) is 0.991. The Hall–Kier alpha value is -2.34. The zero-order valence-electron chi connectivity index (χ0n) is 13.5. The summed E-state index contributed by atoms with van der Waals surface area (Å²) in [7, 11) is 1.53. The van der Waals surface area contributed by atoms with E-state index < -0.39 is 0 Å². The average Bonchev–Trinajstić information content (AvgIpc) is 2.63. The van der Waals surface area contributed by atoms with Crippen LogP contribution in [0.25, 0.3) is 0 Å². The summed E-state index contributed by atoms with van der Waals surface area (Å²) >= 11 is 5.97. The number of nitrogens with one attached hydrogen (secondary N) is 1. The highest BCUT2D eigenvalue weighted by molar-refractivity contribution is 6.31. The second kappa shape index (κ2) is 7.49. The molecule has 6 nitrogen and oxygen atoms in total. The number of ether oxygens (including phenoxy) is 1. The van der Waals surface area contributed by atoms with E-state index in [2.05, 4.69) is 20.4 Å². The number of rotatable bonds is 4. The van der Waals surface area contributed by atoms with Crippen molar-refractivity contribution in [2.45, 2.75) is 19.3 Å². The van der Waals surface area contributed by atoms with Gasteiger partial charge in [-0.1, -0.05) is 11.6 Å². The molecule has 0 saturated carbocycles. The Morgan fingerprint density at radius 2 is 1.96 bits per heavy atom.